The van der Waals surface area contributed by atoms with Gasteiger partial charge in [0.05, 0.1) is 18.1 Å². The van der Waals surface area contributed by atoms with Crippen molar-refractivity contribution in [3.63, 3.8) is 0 Å². The van der Waals surface area contributed by atoms with Crippen molar-refractivity contribution >= 4 is 31.2 Å². The Bertz CT molecular complexity index is 753. The lowest BCUT2D eigenvalue weighted by atomic mass is 10.00. The van der Waals surface area contributed by atoms with Crippen LogP contribution >= 0.6 is 6.80 Å². The summed E-state index contributed by atoms with van der Waals surface area (Å²) in [5, 5.41) is 4.76. The van der Waals surface area contributed by atoms with Crippen molar-refractivity contribution in [1.29, 1.82) is 0 Å². The minimum atomic E-state index is -4.92. The molecule has 0 aliphatic heterocycles. The van der Waals surface area contributed by atoms with Gasteiger partial charge in [-0.1, -0.05) is 20.8 Å². The number of carbonyl (C=O) groups is 1. The van der Waals surface area contributed by atoms with E-state index in [-0.39, 0.29) is 12.8 Å². The molecule has 0 aliphatic carbocycles. The number of rotatable bonds is 13. The first kappa shape index (κ1) is 27.6. The van der Waals surface area contributed by atoms with Crippen LogP contribution < -0.4 is 10.6 Å². The molecule has 0 saturated carbocycles. The van der Waals surface area contributed by atoms with E-state index in [0.29, 0.717) is 13.1 Å². The van der Waals surface area contributed by atoms with Crippen LogP contribution in [0.4, 0.5) is 0 Å². The van der Waals surface area contributed by atoms with Gasteiger partial charge in [0, 0.05) is 5.41 Å². The van der Waals surface area contributed by atoms with Crippen molar-refractivity contribution in [2.45, 2.75) is 33.6 Å². The smallest absolute Gasteiger partial charge is 0.319 e. The molecule has 0 fully saturated rings. The lowest BCUT2D eigenvalue weighted by Crippen LogP contribution is -2.33. The summed E-state index contributed by atoms with van der Waals surface area (Å²) in [6.07, 6.45) is 0.0273. The van der Waals surface area contributed by atoms with Crippen LogP contribution in [0.15, 0.2) is 0 Å². The van der Waals surface area contributed by atoms with Crippen LogP contribution in [0.25, 0.3) is 0 Å². The fourth-order valence-electron chi connectivity index (χ4n) is 2.37. The standard InChI is InChI=1S/C15H33N2O8PS2/c1-15(2,3)14(18)27(21,22)9-7-6-8-25-26(19,20)28(23,24)12-13(10-16-4)11-17-5/h13,16-17H,6-12H2,1-5H3,(H,19,20). The topological polar surface area (TPSA) is 156 Å². The molecule has 28 heavy (non-hydrogen) atoms. The normalized spacial score (nSPS) is 15.5. The van der Waals surface area contributed by atoms with Crippen LogP contribution in [0.3, 0.4) is 0 Å². The van der Waals surface area contributed by atoms with E-state index < -0.39 is 60.7 Å². The van der Waals surface area contributed by atoms with Crippen LogP contribution in [-0.4, -0.2) is 72.1 Å². The minimum absolute atomic E-state index is 0.00629. The van der Waals surface area contributed by atoms with Crippen molar-refractivity contribution in [3.05, 3.63) is 0 Å². The van der Waals surface area contributed by atoms with Crippen molar-refractivity contribution in [3.8, 4) is 0 Å². The first-order chi connectivity index (χ1) is 12.6. The quantitative estimate of drug-likeness (QED) is 0.256. The average molecular weight is 465 g/mol. The molecule has 13 heteroatoms. The Morgan fingerprint density at radius 2 is 1.57 bits per heavy atom. The van der Waals surface area contributed by atoms with Crippen LogP contribution in [-0.2, 0) is 33.2 Å². The highest BCUT2D eigenvalue weighted by Gasteiger charge is 2.39. The van der Waals surface area contributed by atoms with Gasteiger partial charge < -0.3 is 15.5 Å². The number of carbonyl (C=O) groups excluding carboxylic acids is 1. The molecule has 0 spiro atoms. The van der Waals surface area contributed by atoms with Gasteiger partial charge in [-0.3, -0.25) is 9.32 Å². The Labute approximate surface area is 167 Å². The van der Waals surface area contributed by atoms with E-state index in [1.54, 1.807) is 14.1 Å². The molecule has 0 radical (unpaired) electrons. The number of nitrogens with one attached hydrogen (secondary N) is 2. The van der Waals surface area contributed by atoms with Gasteiger partial charge in [-0.2, -0.15) is 0 Å². The van der Waals surface area contributed by atoms with Crippen LogP contribution in [0.1, 0.15) is 33.6 Å². The third kappa shape index (κ3) is 8.98. The SMILES string of the molecule is CNCC(CNC)CS(=O)(=O)P(=O)(O)OCCCCS(=O)(=O)C(=O)C(C)(C)C. The Morgan fingerprint density at radius 3 is 2.00 bits per heavy atom. The monoisotopic (exact) mass is 464 g/mol. The summed E-state index contributed by atoms with van der Waals surface area (Å²) in [5.41, 5.74) is -1.03. The Kier molecular flexibility index (Phi) is 11.0. The van der Waals surface area contributed by atoms with Crippen molar-refractivity contribution < 1.29 is 35.6 Å². The lowest BCUT2D eigenvalue weighted by Gasteiger charge is -2.19. The maximum atomic E-state index is 12.2. The lowest BCUT2D eigenvalue weighted by molar-refractivity contribution is -0.118. The van der Waals surface area contributed by atoms with E-state index in [0.717, 1.165) is 0 Å². The molecule has 10 nitrogen and oxygen atoms in total. The van der Waals surface area contributed by atoms with Gasteiger partial charge in [-0.05, 0) is 45.9 Å². The molecule has 0 heterocycles. The summed E-state index contributed by atoms with van der Waals surface area (Å²) < 4.78 is 65.1. The molecule has 1 unspecified atom stereocenters. The first-order valence-electron chi connectivity index (χ1n) is 8.87. The highest BCUT2D eigenvalue weighted by Crippen LogP contribution is 2.50. The van der Waals surface area contributed by atoms with Gasteiger partial charge in [0.2, 0.25) is 9.84 Å². The second-order valence-electron chi connectivity index (χ2n) is 7.60. The second kappa shape index (κ2) is 11.1. The maximum Gasteiger partial charge on any atom is 0.442 e. The average Bonchev–Trinajstić information content (AvgIpc) is 2.52. The third-order valence-electron chi connectivity index (χ3n) is 3.74. The van der Waals surface area contributed by atoms with Gasteiger partial charge in [-0.15, -0.1) is 0 Å². The van der Waals surface area contributed by atoms with Gasteiger partial charge in [-0.25, -0.2) is 21.4 Å². The summed E-state index contributed by atoms with van der Waals surface area (Å²) in [6, 6.07) is 0. The second-order valence-corrected chi connectivity index (χ2v) is 15.3. The molecule has 0 rings (SSSR count). The highest BCUT2D eigenvalue weighted by atomic mass is 32.8. The zero-order chi connectivity index (χ0) is 22.2. The fourth-order valence-corrected chi connectivity index (χ4v) is 7.52. The van der Waals surface area contributed by atoms with Gasteiger partial charge in [0.15, 0.2) is 0 Å². The van der Waals surface area contributed by atoms with Crippen molar-refractivity contribution in [2.75, 3.05) is 45.3 Å². The highest BCUT2D eigenvalue weighted by molar-refractivity contribution is 8.49. The molecule has 0 aliphatic rings. The van der Waals surface area contributed by atoms with E-state index in [4.69, 9.17) is 4.52 Å². The molecule has 0 aromatic rings. The van der Waals surface area contributed by atoms with Crippen LogP contribution in [0.5, 0.6) is 0 Å². The summed E-state index contributed by atoms with van der Waals surface area (Å²) in [6.45, 7) is -0.170. The zero-order valence-electron chi connectivity index (χ0n) is 17.1. The van der Waals surface area contributed by atoms with Gasteiger partial charge >= 0.3 is 6.80 Å². The van der Waals surface area contributed by atoms with E-state index in [1.165, 1.54) is 20.8 Å². The van der Waals surface area contributed by atoms with E-state index >= 15 is 0 Å². The fraction of sp³-hybridized carbons (Fsp3) is 0.933. The predicted molar refractivity (Wildman–Crippen MR) is 108 cm³/mol. The first-order valence-corrected chi connectivity index (χ1v) is 14.4. The van der Waals surface area contributed by atoms with Crippen molar-refractivity contribution in [1.82, 2.24) is 10.6 Å². The Balaban J connectivity index is 4.68. The van der Waals surface area contributed by atoms with Gasteiger partial charge in [0.25, 0.3) is 14.6 Å². The van der Waals surface area contributed by atoms with Crippen LogP contribution in [0, 0.1) is 11.3 Å². The Hall–Kier alpha value is -0.360. The molecular weight excluding hydrogens is 431 g/mol. The summed E-state index contributed by atoms with van der Waals surface area (Å²) in [5.74, 6) is -1.38. The summed E-state index contributed by atoms with van der Waals surface area (Å²) in [4.78, 5) is 21.7. The minimum Gasteiger partial charge on any atom is -0.319 e. The third-order valence-corrected chi connectivity index (χ3v) is 10.7. The maximum absolute atomic E-state index is 12.2. The predicted octanol–water partition coefficient (Wildman–Crippen LogP) is 0.341. The number of sulfone groups is 1. The van der Waals surface area contributed by atoms with E-state index in [1.807, 2.05) is 0 Å². The molecule has 168 valence electrons. The summed E-state index contributed by atoms with van der Waals surface area (Å²) in [7, 11) is -5.08. The number of unbranched alkanes of at least 4 members (excludes halogenated alkanes) is 1. The van der Waals surface area contributed by atoms with Gasteiger partial charge in [0.1, 0.15) is 0 Å². The van der Waals surface area contributed by atoms with Crippen LogP contribution in [0.2, 0.25) is 0 Å². The number of hydrogen-bond acceptors (Lipinski definition) is 9. The largest absolute Gasteiger partial charge is 0.442 e. The molecule has 3 N–H and O–H groups in total. The summed E-state index contributed by atoms with van der Waals surface area (Å²) >= 11 is 0. The number of hydrogen-bond donors (Lipinski definition) is 3. The molecule has 0 saturated heterocycles. The van der Waals surface area contributed by atoms with Crippen molar-refractivity contribution in [2.24, 2.45) is 11.3 Å². The zero-order valence-corrected chi connectivity index (χ0v) is 19.6. The van der Waals surface area contributed by atoms with E-state index in [9.17, 15) is 31.1 Å². The Morgan fingerprint density at radius 1 is 1.07 bits per heavy atom. The molecule has 1 atom stereocenters. The molecule has 0 aromatic carbocycles. The van der Waals surface area contributed by atoms with E-state index in [2.05, 4.69) is 10.6 Å². The molecular formula is C15H33N2O8PS2. The molecule has 0 aromatic heterocycles. The molecule has 0 amide bonds. The molecule has 0 bridgehead atoms.